The molecule has 2 rings (SSSR count). The summed E-state index contributed by atoms with van der Waals surface area (Å²) < 4.78 is 5.41. The molecule has 1 aliphatic heterocycles. The summed E-state index contributed by atoms with van der Waals surface area (Å²) in [5.74, 6) is 0.353. The number of aromatic nitrogens is 1. The lowest BCUT2D eigenvalue weighted by atomic mass is 10.0. The van der Waals surface area contributed by atoms with E-state index in [1.807, 2.05) is 13.0 Å². The highest BCUT2D eigenvalue weighted by Gasteiger charge is 2.16. The summed E-state index contributed by atoms with van der Waals surface area (Å²) in [6, 6.07) is 1.82. The van der Waals surface area contributed by atoms with Gasteiger partial charge < -0.3 is 15.4 Å². The third-order valence-corrected chi connectivity index (χ3v) is 3.24. The molecule has 1 fully saturated rings. The molecule has 5 nitrogen and oxygen atoms in total. The number of hydrogen-bond donors (Lipinski definition) is 2. The van der Waals surface area contributed by atoms with Gasteiger partial charge in [0.05, 0.1) is 17.9 Å². The zero-order chi connectivity index (χ0) is 13.5. The minimum absolute atomic E-state index is 0.0744. The molecular formula is C14H21N3O2. The summed E-state index contributed by atoms with van der Waals surface area (Å²) in [5.41, 5.74) is 1.43. The molecule has 0 aliphatic carbocycles. The Bertz CT molecular complexity index is 417. The molecule has 1 aliphatic rings. The maximum atomic E-state index is 12.2. The quantitative estimate of drug-likeness (QED) is 0.848. The minimum atomic E-state index is -0.0744. The Labute approximate surface area is 113 Å². The lowest BCUT2D eigenvalue weighted by Crippen LogP contribution is -2.33. The van der Waals surface area contributed by atoms with Gasteiger partial charge in [-0.3, -0.25) is 9.78 Å². The van der Waals surface area contributed by atoms with Gasteiger partial charge in [0, 0.05) is 32.1 Å². The molecule has 1 amide bonds. The first-order valence-electron chi connectivity index (χ1n) is 6.85. The zero-order valence-corrected chi connectivity index (χ0v) is 11.3. The highest BCUT2D eigenvalue weighted by Crippen LogP contribution is 2.15. The molecule has 1 aromatic rings. The number of amides is 1. The zero-order valence-electron chi connectivity index (χ0n) is 11.3. The van der Waals surface area contributed by atoms with Crippen molar-refractivity contribution >= 4 is 11.6 Å². The first-order valence-corrected chi connectivity index (χ1v) is 6.85. The second kappa shape index (κ2) is 7.09. The molecule has 1 atom stereocenters. The number of pyridine rings is 1. The van der Waals surface area contributed by atoms with E-state index in [1.54, 1.807) is 12.4 Å². The average molecular weight is 263 g/mol. The lowest BCUT2D eigenvalue weighted by molar-refractivity contribution is 0.0536. The summed E-state index contributed by atoms with van der Waals surface area (Å²) in [4.78, 5) is 16.2. The summed E-state index contributed by atoms with van der Waals surface area (Å²) >= 11 is 0. The van der Waals surface area contributed by atoms with E-state index in [9.17, 15) is 4.79 Å². The topological polar surface area (TPSA) is 63.2 Å². The highest BCUT2D eigenvalue weighted by molar-refractivity contribution is 5.99. The molecule has 0 spiro atoms. The van der Waals surface area contributed by atoms with E-state index in [4.69, 9.17) is 4.74 Å². The maximum Gasteiger partial charge on any atom is 0.254 e. The predicted octanol–water partition coefficient (Wildman–Crippen LogP) is 1.67. The number of carbonyl (C=O) groups is 1. The van der Waals surface area contributed by atoms with E-state index in [0.717, 1.165) is 38.3 Å². The molecule has 2 heterocycles. The van der Waals surface area contributed by atoms with Crippen molar-refractivity contribution in [1.82, 2.24) is 10.3 Å². The van der Waals surface area contributed by atoms with E-state index in [-0.39, 0.29) is 5.91 Å². The van der Waals surface area contributed by atoms with Crippen molar-refractivity contribution in [3.05, 3.63) is 24.0 Å². The van der Waals surface area contributed by atoms with Crippen LogP contribution >= 0.6 is 0 Å². The summed E-state index contributed by atoms with van der Waals surface area (Å²) in [6.45, 7) is 5.03. The average Bonchev–Trinajstić information content (AvgIpc) is 2.47. The number of hydrogen-bond acceptors (Lipinski definition) is 4. The van der Waals surface area contributed by atoms with Gasteiger partial charge in [-0.25, -0.2) is 0 Å². The Hall–Kier alpha value is -1.62. The standard InChI is InChI=1S/C14H21N3O2/c1-2-16-13-5-6-15-9-12(13)14(18)17-8-11-4-3-7-19-10-11/h5-6,9,11H,2-4,7-8,10H2,1H3,(H,15,16)(H,17,18). The van der Waals surface area contributed by atoms with Crippen LogP contribution in [0.25, 0.3) is 0 Å². The molecule has 0 aromatic carbocycles. The van der Waals surface area contributed by atoms with Crippen LogP contribution in [0.2, 0.25) is 0 Å². The van der Waals surface area contributed by atoms with E-state index in [2.05, 4.69) is 15.6 Å². The van der Waals surface area contributed by atoms with Crippen molar-refractivity contribution in [1.29, 1.82) is 0 Å². The third-order valence-electron chi connectivity index (χ3n) is 3.24. The molecule has 0 saturated carbocycles. The van der Waals surface area contributed by atoms with Crippen LogP contribution in [0.15, 0.2) is 18.5 Å². The van der Waals surface area contributed by atoms with Crippen LogP contribution in [-0.4, -0.2) is 37.2 Å². The van der Waals surface area contributed by atoms with Gasteiger partial charge in [-0.2, -0.15) is 0 Å². The molecule has 0 bridgehead atoms. The van der Waals surface area contributed by atoms with Crippen molar-refractivity contribution in [3.63, 3.8) is 0 Å². The van der Waals surface area contributed by atoms with Gasteiger partial charge in [-0.05, 0) is 31.7 Å². The summed E-state index contributed by atoms with van der Waals surface area (Å²) in [7, 11) is 0. The second-order valence-electron chi connectivity index (χ2n) is 4.74. The van der Waals surface area contributed by atoms with Gasteiger partial charge in [0.15, 0.2) is 0 Å². The molecule has 1 aromatic heterocycles. The third kappa shape index (κ3) is 3.92. The molecule has 2 N–H and O–H groups in total. The molecular weight excluding hydrogens is 242 g/mol. The largest absolute Gasteiger partial charge is 0.385 e. The lowest BCUT2D eigenvalue weighted by Gasteiger charge is -2.22. The van der Waals surface area contributed by atoms with Gasteiger partial charge in [-0.15, -0.1) is 0 Å². The van der Waals surface area contributed by atoms with E-state index < -0.39 is 0 Å². The van der Waals surface area contributed by atoms with Crippen molar-refractivity contribution in [2.24, 2.45) is 5.92 Å². The fourth-order valence-electron chi connectivity index (χ4n) is 2.22. The number of carbonyl (C=O) groups excluding carboxylic acids is 1. The molecule has 19 heavy (non-hydrogen) atoms. The van der Waals surface area contributed by atoms with Gasteiger partial charge in [-0.1, -0.05) is 0 Å². The number of anilines is 1. The van der Waals surface area contributed by atoms with Crippen molar-refractivity contribution in [3.8, 4) is 0 Å². The monoisotopic (exact) mass is 263 g/mol. The summed E-state index contributed by atoms with van der Waals surface area (Å²) in [6.07, 6.45) is 5.48. The second-order valence-corrected chi connectivity index (χ2v) is 4.74. The van der Waals surface area contributed by atoms with Gasteiger partial charge in [0.1, 0.15) is 0 Å². The van der Waals surface area contributed by atoms with E-state index >= 15 is 0 Å². The van der Waals surface area contributed by atoms with Crippen LogP contribution in [0, 0.1) is 5.92 Å². The Kier molecular flexibility index (Phi) is 5.15. The van der Waals surface area contributed by atoms with Crippen LogP contribution in [0.3, 0.4) is 0 Å². The molecule has 0 radical (unpaired) electrons. The van der Waals surface area contributed by atoms with E-state index in [0.29, 0.717) is 18.0 Å². The Morgan fingerprint density at radius 3 is 3.21 bits per heavy atom. The fourth-order valence-corrected chi connectivity index (χ4v) is 2.22. The minimum Gasteiger partial charge on any atom is -0.385 e. The number of rotatable bonds is 5. The highest BCUT2D eigenvalue weighted by atomic mass is 16.5. The first kappa shape index (κ1) is 13.8. The fraction of sp³-hybridized carbons (Fsp3) is 0.571. The van der Waals surface area contributed by atoms with Crippen molar-refractivity contribution in [2.45, 2.75) is 19.8 Å². The van der Waals surface area contributed by atoms with Crippen LogP contribution in [0.4, 0.5) is 5.69 Å². The smallest absolute Gasteiger partial charge is 0.254 e. The van der Waals surface area contributed by atoms with Crippen LogP contribution in [0.5, 0.6) is 0 Å². The molecule has 5 heteroatoms. The maximum absolute atomic E-state index is 12.2. The number of nitrogens with zero attached hydrogens (tertiary/aromatic N) is 1. The SMILES string of the molecule is CCNc1ccncc1C(=O)NCC1CCCOC1. The predicted molar refractivity (Wildman–Crippen MR) is 74.3 cm³/mol. The number of ether oxygens (including phenoxy) is 1. The Morgan fingerprint density at radius 2 is 2.47 bits per heavy atom. The summed E-state index contributed by atoms with van der Waals surface area (Å²) in [5, 5.41) is 6.14. The van der Waals surface area contributed by atoms with Gasteiger partial charge in [0.2, 0.25) is 0 Å². The van der Waals surface area contributed by atoms with Crippen LogP contribution in [0.1, 0.15) is 30.1 Å². The normalized spacial score (nSPS) is 18.9. The Morgan fingerprint density at radius 1 is 1.58 bits per heavy atom. The molecule has 104 valence electrons. The van der Waals surface area contributed by atoms with Crippen LogP contribution in [-0.2, 0) is 4.74 Å². The van der Waals surface area contributed by atoms with E-state index in [1.165, 1.54) is 0 Å². The Balaban J connectivity index is 1.91. The van der Waals surface area contributed by atoms with Gasteiger partial charge in [0.25, 0.3) is 5.91 Å². The molecule has 1 unspecified atom stereocenters. The van der Waals surface area contributed by atoms with Crippen molar-refractivity contribution < 1.29 is 9.53 Å². The number of nitrogens with one attached hydrogen (secondary N) is 2. The van der Waals surface area contributed by atoms with Gasteiger partial charge >= 0.3 is 0 Å². The van der Waals surface area contributed by atoms with Crippen LogP contribution < -0.4 is 10.6 Å². The first-order chi connectivity index (χ1) is 9.31. The van der Waals surface area contributed by atoms with Crippen molar-refractivity contribution in [2.75, 3.05) is 31.6 Å². The molecule has 1 saturated heterocycles.